The maximum absolute atomic E-state index is 3.54. The van der Waals surface area contributed by atoms with Gasteiger partial charge in [0.05, 0.1) is 0 Å². The van der Waals surface area contributed by atoms with Crippen molar-refractivity contribution < 1.29 is 0 Å². The Hall–Kier alpha value is -0.0800. The Morgan fingerprint density at radius 2 is 1.75 bits per heavy atom. The lowest BCUT2D eigenvalue weighted by molar-refractivity contribution is 0.210. The molecule has 0 aliphatic rings. The summed E-state index contributed by atoms with van der Waals surface area (Å²) in [6, 6.07) is 0.737. The first-order chi connectivity index (χ1) is 7.40. The molecule has 0 saturated carbocycles. The maximum Gasteiger partial charge on any atom is 0.00965 e. The SMILES string of the molecule is CCC(C)N(CC)CCCCNC(C)(C)C. The van der Waals surface area contributed by atoms with Crippen LogP contribution in [0, 0.1) is 0 Å². The summed E-state index contributed by atoms with van der Waals surface area (Å²) in [4.78, 5) is 2.58. The summed E-state index contributed by atoms with van der Waals surface area (Å²) >= 11 is 0. The van der Waals surface area contributed by atoms with Gasteiger partial charge < -0.3 is 10.2 Å². The number of nitrogens with one attached hydrogen (secondary N) is 1. The molecule has 0 aliphatic carbocycles. The topological polar surface area (TPSA) is 15.3 Å². The van der Waals surface area contributed by atoms with Crippen LogP contribution in [-0.4, -0.2) is 36.1 Å². The highest BCUT2D eigenvalue weighted by Gasteiger charge is 2.10. The predicted octanol–water partition coefficient (Wildman–Crippen LogP) is 3.28. The van der Waals surface area contributed by atoms with E-state index in [-0.39, 0.29) is 5.54 Å². The third-order valence-electron chi connectivity index (χ3n) is 3.15. The summed E-state index contributed by atoms with van der Waals surface area (Å²) in [6.45, 7) is 17.1. The molecule has 0 spiro atoms. The minimum absolute atomic E-state index is 0.265. The summed E-state index contributed by atoms with van der Waals surface area (Å²) in [5.74, 6) is 0. The van der Waals surface area contributed by atoms with Crippen LogP contribution in [0.25, 0.3) is 0 Å². The molecule has 2 nitrogen and oxygen atoms in total. The number of hydrogen-bond donors (Lipinski definition) is 1. The van der Waals surface area contributed by atoms with Crippen LogP contribution < -0.4 is 5.32 Å². The Labute approximate surface area is 103 Å². The zero-order valence-electron chi connectivity index (χ0n) is 12.3. The standard InChI is InChI=1S/C14H32N2/c1-7-13(3)16(8-2)12-10-9-11-15-14(4,5)6/h13,15H,7-12H2,1-6H3. The minimum atomic E-state index is 0.265. The number of hydrogen-bond acceptors (Lipinski definition) is 2. The monoisotopic (exact) mass is 228 g/mol. The van der Waals surface area contributed by atoms with Crippen LogP contribution in [0.2, 0.25) is 0 Å². The van der Waals surface area contributed by atoms with Gasteiger partial charge >= 0.3 is 0 Å². The van der Waals surface area contributed by atoms with E-state index in [0.717, 1.165) is 12.6 Å². The first-order valence-corrected chi connectivity index (χ1v) is 6.89. The average Bonchev–Trinajstić information content (AvgIpc) is 2.21. The summed E-state index contributed by atoms with van der Waals surface area (Å²) in [5.41, 5.74) is 0.265. The van der Waals surface area contributed by atoms with Crippen molar-refractivity contribution in [3.05, 3.63) is 0 Å². The molecule has 0 saturated heterocycles. The molecule has 0 amide bonds. The van der Waals surface area contributed by atoms with E-state index in [1.807, 2.05) is 0 Å². The normalized spacial score (nSPS) is 14.4. The first kappa shape index (κ1) is 15.9. The Kier molecular flexibility index (Phi) is 8.04. The van der Waals surface area contributed by atoms with E-state index in [1.165, 1.54) is 32.4 Å². The molecular weight excluding hydrogens is 196 g/mol. The van der Waals surface area contributed by atoms with Crippen molar-refractivity contribution in [2.24, 2.45) is 0 Å². The molecular formula is C14H32N2. The van der Waals surface area contributed by atoms with Crippen molar-refractivity contribution in [1.82, 2.24) is 10.2 Å². The van der Waals surface area contributed by atoms with Gasteiger partial charge in [-0.05, 0) is 66.6 Å². The molecule has 0 aromatic rings. The Bertz CT molecular complexity index is 161. The van der Waals surface area contributed by atoms with E-state index in [2.05, 4.69) is 51.8 Å². The van der Waals surface area contributed by atoms with Crippen LogP contribution >= 0.6 is 0 Å². The van der Waals surface area contributed by atoms with Gasteiger partial charge in [0, 0.05) is 11.6 Å². The lowest BCUT2D eigenvalue weighted by atomic mass is 10.1. The molecule has 0 rings (SSSR count). The van der Waals surface area contributed by atoms with E-state index >= 15 is 0 Å². The molecule has 98 valence electrons. The molecule has 0 heterocycles. The largest absolute Gasteiger partial charge is 0.312 e. The highest BCUT2D eigenvalue weighted by Crippen LogP contribution is 2.05. The molecule has 0 fully saturated rings. The van der Waals surface area contributed by atoms with Gasteiger partial charge in [0.1, 0.15) is 0 Å². The summed E-state index contributed by atoms with van der Waals surface area (Å²) in [6.07, 6.45) is 3.85. The molecule has 1 unspecified atom stereocenters. The molecule has 2 heteroatoms. The van der Waals surface area contributed by atoms with Crippen molar-refractivity contribution in [2.75, 3.05) is 19.6 Å². The lowest BCUT2D eigenvalue weighted by Crippen LogP contribution is -2.37. The van der Waals surface area contributed by atoms with Crippen LogP contribution in [0.5, 0.6) is 0 Å². The second-order valence-corrected chi connectivity index (χ2v) is 5.77. The van der Waals surface area contributed by atoms with Gasteiger partial charge in [-0.2, -0.15) is 0 Å². The van der Waals surface area contributed by atoms with Gasteiger partial charge in [0.2, 0.25) is 0 Å². The van der Waals surface area contributed by atoms with Crippen LogP contribution in [0.3, 0.4) is 0 Å². The van der Waals surface area contributed by atoms with Gasteiger partial charge in [0.25, 0.3) is 0 Å². The molecule has 0 aromatic heterocycles. The van der Waals surface area contributed by atoms with Gasteiger partial charge in [0.15, 0.2) is 0 Å². The fraction of sp³-hybridized carbons (Fsp3) is 1.00. The molecule has 0 aromatic carbocycles. The molecule has 0 bridgehead atoms. The number of unbranched alkanes of at least 4 members (excludes halogenated alkanes) is 1. The van der Waals surface area contributed by atoms with Crippen LogP contribution in [0.15, 0.2) is 0 Å². The van der Waals surface area contributed by atoms with E-state index in [1.54, 1.807) is 0 Å². The molecule has 1 N–H and O–H groups in total. The summed E-state index contributed by atoms with van der Waals surface area (Å²) in [7, 11) is 0. The van der Waals surface area contributed by atoms with Crippen molar-refractivity contribution in [1.29, 1.82) is 0 Å². The Morgan fingerprint density at radius 1 is 1.12 bits per heavy atom. The fourth-order valence-electron chi connectivity index (χ4n) is 1.85. The van der Waals surface area contributed by atoms with Crippen molar-refractivity contribution in [2.45, 2.75) is 72.4 Å². The zero-order valence-corrected chi connectivity index (χ0v) is 12.3. The summed E-state index contributed by atoms with van der Waals surface area (Å²) < 4.78 is 0. The van der Waals surface area contributed by atoms with Gasteiger partial charge in [-0.1, -0.05) is 13.8 Å². The van der Waals surface area contributed by atoms with E-state index < -0.39 is 0 Å². The molecule has 1 atom stereocenters. The quantitative estimate of drug-likeness (QED) is 0.641. The predicted molar refractivity (Wildman–Crippen MR) is 74.0 cm³/mol. The number of rotatable bonds is 8. The highest BCUT2D eigenvalue weighted by atomic mass is 15.1. The Balaban J connectivity index is 3.56. The third kappa shape index (κ3) is 8.12. The minimum Gasteiger partial charge on any atom is -0.312 e. The third-order valence-corrected chi connectivity index (χ3v) is 3.15. The molecule has 16 heavy (non-hydrogen) atoms. The van der Waals surface area contributed by atoms with E-state index in [4.69, 9.17) is 0 Å². The van der Waals surface area contributed by atoms with E-state index in [0.29, 0.717) is 0 Å². The van der Waals surface area contributed by atoms with Crippen LogP contribution in [-0.2, 0) is 0 Å². The molecule has 0 radical (unpaired) electrons. The van der Waals surface area contributed by atoms with Crippen molar-refractivity contribution in [3.63, 3.8) is 0 Å². The second kappa shape index (κ2) is 8.08. The average molecular weight is 228 g/mol. The van der Waals surface area contributed by atoms with E-state index in [9.17, 15) is 0 Å². The zero-order chi connectivity index (χ0) is 12.6. The van der Waals surface area contributed by atoms with Crippen molar-refractivity contribution in [3.8, 4) is 0 Å². The fourth-order valence-corrected chi connectivity index (χ4v) is 1.85. The lowest BCUT2D eigenvalue weighted by Gasteiger charge is -2.27. The summed E-state index contributed by atoms with van der Waals surface area (Å²) in [5, 5.41) is 3.54. The maximum atomic E-state index is 3.54. The Morgan fingerprint density at radius 3 is 2.19 bits per heavy atom. The number of nitrogens with zero attached hydrogens (tertiary/aromatic N) is 1. The first-order valence-electron chi connectivity index (χ1n) is 6.89. The smallest absolute Gasteiger partial charge is 0.00965 e. The van der Waals surface area contributed by atoms with Gasteiger partial charge in [-0.3, -0.25) is 0 Å². The van der Waals surface area contributed by atoms with Crippen LogP contribution in [0.4, 0.5) is 0 Å². The van der Waals surface area contributed by atoms with Crippen molar-refractivity contribution >= 4 is 0 Å². The molecule has 0 aliphatic heterocycles. The van der Waals surface area contributed by atoms with Gasteiger partial charge in [-0.25, -0.2) is 0 Å². The van der Waals surface area contributed by atoms with Crippen LogP contribution in [0.1, 0.15) is 60.8 Å². The second-order valence-electron chi connectivity index (χ2n) is 5.77. The van der Waals surface area contributed by atoms with Gasteiger partial charge in [-0.15, -0.1) is 0 Å². The highest BCUT2D eigenvalue weighted by molar-refractivity contribution is 4.70.